The van der Waals surface area contributed by atoms with E-state index in [1.807, 2.05) is 24.3 Å². The van der Waals surface area contributed by atoms with E-state index in [0.717, 1.165) is 15.2 Å². The fourth-order valence-electron chi connectivity index (χ4n) is 2.70. The zero-order valence-corrected chi connectivity index (χ0v) is 16.7. The Balaban J connectivity index is 1.58. The molecule has 0 spiro atoms. The number of benzene rings is 2. The van der Waals surface area contributed by atoms with Crippen molar-refractivity contribution in [2.75, 3.05) is 7.05 Å². The van der Waals surface area contributed by atoms with Gasteiger partial charge in [0.25, 0.3) is 5.91 Å². The molecule has 136 valence electrons. The second-order valence-corrected chi connectivity index (χ2v) is 7.93. The van der Waals surface area contributed by atoms with Gasteiger partial charge in [0.2, 0.25) is 0 Å². The summed E-state index contributed by atoms with van der Waals surface area (Å²) in [5, 5.41) is 5.11. The predicted molar refractivity (Wildman–Crippen MR) is 107 cm³/mol. The number of carbonyl (C=O) groups is 1. The van der Waals surface area contributed by atoms with E-state index in [0.29, 0.717) is 11.0 Å². The highest BCUT2D eigenvalue weighted by Crippen LogP contribution is 2.24. The van der Waals surface area contributed by atoms with Gasteiger partial charge in [0.05, 0.1) is 21.2 Å². The van der Waals surface area contributed by atoms with Gasteiger partial charge in [0, 0.05) is 13.2 Å². The van der Waals surface area contributed by atoms with Crippen molar-refractivity contribution in [1.82, 2.24) is 19.7 Å². The molecule has 0 saturated carbocycles. The first kappa shape index (κ1) is 17.8. The number of carbonyl (C=O) groups excluding carboxylic acids is 1. The van der Waals surface area contributed by atoms with Gasteiger partial charge in [-0.1, -0.05) is 24.3 Å². The van der Waals surface area contributed by atoms with Crippen LogP contribution in [-0.2, 0) is 6.54 Å². The maximum Gasteiger partial charge on any atom is 0.275 e. The lowest BCUT2D eigenvalue weighted by molar-refractivity contribution is 0.0778. The van der Waals surface area contributed by atoms with Crippen LogP contribution in [0.25, 0.3) is 15.9 Å². The monoisotopic (exact) mass is 444 g/mol. The Morgan fingerprint density at radius 1 is 1.22 bits per heavy atom. The minimum atomic E-state index is -0.408. The predicted octanol–water partition coefficient (Wildman–Crippen LogP) is 4.66. The van der Waals surface area contributed by atoms with Crippen LogP contribution < -0.4 is 0 Å². The van der Waals surface area contributed by atoms with E-state index in [2.05, 4.69) is 26.0 Å². The first-order valence-corrected chi connectivity index (χ1v) is 9.74. The molecule has 0 bridgehead atoms. The van der Waals surface area contributed by atoms with Crippen LogP contribution in [0.15, 0.2) is 59.2 Å². The molecule has 0 saturated heterocycles. The van der Waals surface area contributed by atoms with Crippen molar-refractivity contribution >= 4 is 43.4 Å². The van der Waals surface area contributed by atoms with Gasteiger partial charge in [-0.15, -0.1) is 11.3 Å². The molecule has 2 aromatic carbocycles. The Morgan fingerprint density at radius 2 is 1.96 bits per heavy atom. The number of aromatic nitrogens is 3. The van der Waals surface area contributed by atoms with Gasteiger partial charge >= 0.3 is 0 Å². The largest absolute Gasteiger partial charge is 0.334 e. The van der Waals surface area contributed by atoms with Crippen LogP contribution in [-0.4, -0.2) is 32.6 Å². The van der Waals surface area contributed by atoms with Crippen LogP contribution in [0, 0.1) is 5.82 Å². The van der Waals surface area contributed by atoms with Crippen LogP contribution in [0.3, 0.4) is 0 Å². The van der Waals surface area contributed by atoms with Gasteiger partial charge in [0.15, 0.2) is 5.69 Å². The summed E-state index contributed by atoms with van der Waals surface area (Å²) in [6.45, 7) is 0.372. The zero-order valence-electron chi connectivity index (χ0n) is 14.3. The molecule has 0 unspecified atom stereocenters. The first-order valence-electron chi connectivity index (χ1n) is 8.13. The number of halogens is 2. The second-order valence-electron chi connectivity index (χ2n) is 5.96. The number of fused-ring (bicyclic) bond motifs is 1. The van der Waals surface area contributed by atoms with Crippen molar-refractivity contribution in [3.63, 3.8) is 0 Å². The number of para-hydroxylation sites is 2. The van der Waals surface area contributed by atoms with Crippen LogP contribution in [0.5, 0.6) is 0 Å². The molecule has 2 aromatic heterocycles. The van der Waals surface area contributed by atoms with E-state index in [1.165, 1.54) is 10.7 Å². The lowest BCUT2D eigenvalue weighted by atomic mass is 10.3. The summed E-state index contributed by atoms with van der Waals surface area (Å²) in [7, 11) is 1.70. The number of rotatable bonds is 4. The molecule has 2 heterocycles. The lowest BCUT2D eigenvalue weighted by Gasteiger charge is -2.14. The van der Waals surface area contributed by atoms with E-state index in [4.69, 9.17) is 0 Å². The Bertz CT molecular complexity index is 1110. The Morgan fingerprint density at radius 3 is 2.74 bits per heavy atom. The topological polar surface area (TPSA) is 51.0 Å². The van der Waals surface area contributed by atoms with E-state index in [1.54, 1.807) is 47.7 Å². The highest BCUT2D eigenvalue weighted by molar-refractivity contribution is 9.10. The molecule has 8 heteroatoms. The molecule has 0 radical (unpaired) electrons. The fraction of sp³-hybridized carbons (Fsp3) is 0.105. The summed E-state index contributed by atoms with van der Waals surface area (Å²) in [4.78, 5) is 18.9. The summed E-state index contributed by atoms with van der Waals surface area (Å²) in [5.74, 6) is -0.675. The smallest absolute Gasteiger partial charge is 0.275 e. The minimum Gasteiger partial charge on any atom is -0.334 e. The van der Waals surface area contributed by atoms with Gasteiger partial charge in [-0.2, -0.15) is 5.10 Å². The summed E-state index contributed by atoms with van der Waals surface area (Å²) >= 11 is 4.91. The summed E-state index contributed by atoms with van der Waals surface area (Å²) in [6.07, 6.45) is 1.58. The Labute approximate surface area is 167 Å². The molecule has 0 N–H and O–H groups in total. The molecule has 1 amide bonds. The molecule has 0 fully saturated rings. The highest BCUT2D eigenvalue weighted by atomic mass is 79.9. The van der Waals surface area contributed by atoms with Gasteiger partial charge in [-0.25, -0.2) is 14.1 Å². The number of amides is 1. The molecule has 5 nitrogen and oxygen atoms in total. The van der Waals surface area contributed by atoms with E-state index in [-0.39, 0.29) is 17.3 Å². The third kappa shape index (κ3) is 3.50. The Kier molecular flexibility index (Phi) is 4.75. The fourth-order valence-corrected chi connectivity index (χ4v) is 4.17. The SMILES string of the molecule is CN(Cc1nc2ccccc2s1)C(=O)c1nn(-c2ccccc2F)cc1Br. The average Bonchev–Trinajstić information content (AvgIpc) is 3.24. The summed E-state index contributed by atoms with van der Waals surface area (Å²) in [5.41, 5.74) is 1.43. The molecule has 0 aliphatic rings. The quantitative estimate of drug-likeness (QED) is 0.460. The van der Waals surface area contributed by atoms with Gasteiger partial charge in [-0.05, 0) is 40.2 Å². The molecule has 0 atom stereocenters. The van der Waals surface area contributed by atoms with Crippen LogP contribution in [0.1, 0.15) is 15.5 Å². The highest BCUT2D eigenvalue weighted by Gasteiger charge is 2.21. The maximum atomic E-state index is 14.0. The number of hydrogen-bond donors (Lipinski definition) is 0. The Hall–Kier alpha value is -2.58. The van der Waals surface area contributed by atoms with Gasteiger partial charge < -0.3 is 4.90 Å². The normalized spacial score (nSPS) is 11.1. The number of hydrogen-bond acceptors (Lipinski definition) is 4. The molecule has 0 aliphatic heterocycles. The van der Waals surface area contributed by atoms with Crippen molar-refractivity contribution in [3.8, 4) is 5.69 Å². The summed E-state index contributed by atoms with van der Waals surface area (Å²) < 4.78 is 16.9. The van der Waals surface area contributed by atoms with Crippen molar-refractivity contribution in [2.45, 2.75) is 6.54 Å². The third-order valence-electron chi connectivity index (χ3n) is 4.03. The molecule has 0 aliphatic carbocycles. The third-order valence-corrected chi connectivity index (χ3v) is 5.63. The maximum absolute atomic E-state index is 14.0. The van der Waals surface area contributed by atoms with Crippen molar-refractivity contribution in [2.24, 2.45) is 0 Å². The van der Waals surface area contributed by atoms with E-state index < -0.39 is 5.82 Å². The van der Waals surface area contributed by atoms with Gasteiger partial charge in [-0.3, -0.25) is 4.79 Å². The molecular formula is C19H14BrFN4OS. The van der Waals surface area contributed by atoms with Gasteiger partial charge in [0.1, 0.15) is 16.5 Å². The first-order chi connectivity index (χ1) is 13.0. The second kappa shape index (κ2) is 7.21. The molecule has 4 rings (SSSR count). The van der Waals surface area contributed by atoms with Crippen LogP contribution in [0.2, 0.25) is 0 Å². The van der Waals surface area contributed by atoms with E-state index >= 15 is 0 Å². The molecule has 4 aromatic rings. The molecular weight excluding hydrogens is 431 g/mol. The zero-order chi connectivity index (χ0) is 19.0. The number of thiazole rings is 1. The van der Waals surface area contributed by atoms with Crippen LogP contribution in [0.4, 0.5) is 4.39 Å². The minimum absolute atomic E-state index is 0.224. The number of nitrogens with zero attached hydrogens (tertiary/aromatic N) is 4. The summed E-state index contributed by atoms with van der Waals surface area (Å²) in [6, 6.07) is 14.1. The molecule has 27 heavy (non-hydrogen) atoms. The van der Waals surface area contributed by atoms with Crippen LogP contribution >= 0.6 is 27.3 Å². The van der Waals surface area contributed by atoms with Crippen molar-refractivity contribution in [3.05, 3.63) is 75.7 Å². The average molecular weight is 445 g/mol. The standard InChI is InChI=1S/C19H14BrFN4OS/c1-24(11-17-22-14-7-3-5-9-16(14)27-17)19(26)18-12(20)10-25(23-18)15-8-4-2-6-13(15)21/h2-10H,11H2,1H3. The van der Waals surface area contributed by atoms with Crippen molar-refractivity contribution in [1.29, 1.82) is 0 Å². The van der Waals surface area contributed by atoms with E-state index in [9.17, 15) is 9.18 Å². The lowest BCUT2D eigenvalue weighted by Crippen LogP contribution is -2.27. The van der Waals surface area contributed by atoms with Crippen molar-refractivity contribution < 1.29 is 9.18 Å².